The van der Waals surface area contributed by atoms with Gasteiger partial charge in [-0.3, -0.25) is 9.89 Å². The van der Waals surface area contributed by atoms with Gasteiger partial charge in [-0.05, 0) is 39.8 Å². The average molecular weight is 250 g/mol. The highest BCUT2D eigenvalue weighted by atomic mass is 16.2. The molecule has 0 bridgehead atoms. The highest BCUT2D eigenvalue weighted by Gasteiger charge is 2.20. The van der Waals surface area contributed by atoms with Gasteiger partial charge in [-0.1, -0.05) is 0 Å². The van der Waals surface area contributed by atoms with Crippen LogP contribution in [0.5, 0.6) is 0 Å². The molecule has 0 spiro atoms. The van der Waals surface area contributed by atoms with E-state index in [1.165, 1.54) is 25.9 Å². The Kier molecular flexibility index (Phi) is 4.01. The average Bonchev–Trinajstić information content (AvgIpc) is 2.96. The normalized spacial score (nSPS) is 16.2. The van der Waals surface area contributed by atoms with Gasteiger partial charge >= 0.3 is 0 Å². The Morgan fingerprint density at radius 1 is 1.39 bits per heavy atom. The highest BCUT2D eigenvalue weighted by molar-refractivity contribution is 5.96. The number of likely N-dealkylation sites (tertiary alicyclic amines) is 1. The number of carbonyl (C=O) groups excluding carboxylic acids is 1. The summed E-state index contributed by atoms with van der Waals surface area (Å²) < 4.78 is 0. The number of carbonyl (C=O) groups is 1. The van der Waals surface area contributed by atoms with Crippen LogP contribution in [0.25, 0.3) is 0 Å². The lowest BCUT2D eigenvalue weighted by atomic mass is 10.2. The molecule has 1 aromatic heterocycles. The Balaban J connectivity index is 1.92. The molecule has 0 unspecified atom stereocenters. The van der Waals surface area contributed by atoms with Crippen LogP contribution in [0.3, 0.4) is 0 Å². The minimum atomic E-state index is 0.0675. The largest absolute Gasteiger partial charge is 0.340 e. The predicted molar refractivity (Wildman–Crippen MR) is 70.7 cm³/mol. The van der Waals surface area contributed by atoms with E-state index in [4.69, 9.17) is 0 Å². The van der Waals surface area contributed by atoms with Gasteiger partial charge in [-0.25, -0.2) is 0 Å². The zero-order valence-corrected chi connectivity index (χ0v) is 11.5. The third kappa shape index (κ3) is 2.72. The second kappa shape index (κ2) is 5.52. The molecule has 0 aliphatic carbocycles. The zero-order valence-electron chi connectivity index (χ0n) is 11.5. The first-order chi connectivity index (χ1) is 8.59. The van der Waals surface area contributed by atoms with Gasteiger partial charge in [0.2, 0.25) is 0 Å². The third-order valence-corrected chi connectivity index (χ3v) is 3.64. The molecular weight excluding hydrogens is 228 g/mol. The van der Waals surface area contributed by atoms with E-state index in [0.29, 0.717) is 0 Å². The van der Waals surface area contributed by atoms with Crippen molar-refractivity contribution in [1.82, 2.24) is 20.0 Å². The van der Waals surface area contributed by atoms with Crippen LogP contribution in [0.1, 0.15) is 34.6 Å². The molecule has 2 heterocycles. The summed E-state index contributed by atoms with van der Waals surface area (Å²) in [5.74, 6) is 0.0675. The van der Waals surface area contributed by atoms with Gasteiger partial charge in [0.1, 0.15) is 0 Å². The fourth-order valence-electron chi connectivity index (χ4n) is 2.46. The summed E-state index contributed by atoms with van der Waals surface area (Å²) in [6, 6.07) is 0. The Bertz CT molecular complexity index is 401. The molecule has 18 heavy (non-hydrogen) atoms. The van der Waals surface area contributed by atoms with Crippen LogP contribution >= 0.6 is 0 Å². The van der Waals surface area contributed by atoms with Gasteiger partial charge < -0.3 is 9.80 Å². The summed E-state index contributed by atoms with van der Waals surface area (Å²) in [5, 5.41) is 6.94. The molecule has 5 heteroatoms. The number of aromatic nitrogens is 2. The molecule has 100 valence electrons. The van der Waals surface area contributed by atoms with Gasteiger partial charge in [-0.15, -0.1) is 0 Å². The molecule has 0 aromatic carbocycles. The summed E-state index contributed by atoms with van der Waals surface area (Å²) in [5.41, 5.74) is 2.36. The first-order valence-electron chi connectivity index (χ1n) is 6.59. The van der Waals surface area contributed by atoms with Gasteiger partial charge in [0.25, 0.3) is 5.91 Å². The summed E-state index contributed by atoms with van der Waals surface area (Å²) in [7, 11) is 1.87. The van der Waals surface area contributed by atoms with Gasteiger partial charge in [-0.2, -0.15) is 5.10 Å². The van der Waals surface area contributed by atoms with Crippen molar-refractivity contribution < 1.29 is 4.79 Å². The lowest BCUT2D eigenvalue weighted by Crippen LogP contribution is -2.35. The summed E-state index contributed by atoms with van der Waals surface area (Å²) in [6.07, 6.45) is 2.58. The second-order valence-electron chi connectivity index (χ2n) is 5.08. The number of aryl methyl sites for hydroxylation is 2. The molecule has 1 saturated heterocycles. The van der Waals surface area contributed by atoms with Crippen LogP contribution in [0.4, 0.5) is 0 Å². The van der Waals surface area contributed by atoms with Crippen molar-refractivity contribution in [2.45, 2.75) is 26.7 Å². The Labute approximate surface area is 108 Å². The molecule has 0 atom stereocenters. The van der Waals surface area contributed by atoms with Crippen LogP contribution in [0.2, 0.25) is 0 Å². The van der Waals surface area contributed by atoms with E-state index in [9.17, 15) is 4.79 Å². The zero-order chi connectivity index (χ0) is 13.1. The maximum Gasteiger partial charge on any atom is 0.257 e. The van der Waals surface area contributed by atoms with Crippen LogP contribution in [0, 0.1) is 13.8 Å². The maximum absolute atomic E-state index is 12.3. The number of nitrogens with zero attached hydrogens (tertiary/aromatic N) is 3. The summed E-state index contributed by atoms with van der Waals surface area (Å²) in [6.45, 7) is 7.85. The van der Waals surface area contributed by atoms with Gasteiger partial charge in [0.15, 0.2) is 0 Å². The first kappa shape index (κ1) is 13.1. The first-order valence-corrected chi connectivity index (χ1v) is 6.59. The van der Waals surface area contributed by atoms with Crippen LogP contribution in [-0.2, 0) is 0 Å². The van der Waals surface area contributed by atoms with E-state index in [1.807, 2.05) is 20.9 Å². The lowest BCUT2D eigenvalue weighted by Gasteiger charge is -2.21. The molecule has 1 aliphatic heterocycles. The van der Waals surface area contributed by atoms with E-state index in [1.54, 1.807) is 4.90 Å². The van der Waals surface area contributed by atoms with E-state index in [-0.39, 0.29) is 5.91 Å². The van der Waals surface area contributed by atoms with Crippen molar-refractivity contribution in [3.8, 4) is 0 Å². The monoisotopic (exact) mass is 250 g/mol. The van der Waals surface area contributed by atoms with Crippen molar-refractivity contribution in [3.63, 3.8) is 0 Å². The van der Waals surface area contributed by atoms with Crippen LogP contribution in [0.15, 0.2) is 0 Å². The minimum absolute atomic E-state index is 0.0675. The number of likely N-dealkylation sites (N-methyl/N-ethyl adjacent to an activating group) is 1. The Morgan fingerprint density at radius 2 is 2.06 bits per heavy atom. The fraction of sp³-hybridized carbons (Fsp3) is 0.692. The SMILES string of the molecule is Cc1n[nH]c(C)c1C(=O)N(C)CCN1CCCC1. The molecule has 1 amide bonds. The summed E-state index contributed by atoms with van der Waals surface area (Å²) in [4.78, 5) is 16.5. The van der Waals surface area contributed by atoms with Crippen LogP contribution in [-0.4, -0.2) is 59.1 Å². The van der Waals surface area contributed by atoms with Crippen molar-refractivity contribution in [2.75, 3.05) is 33.2 Å². The molecule has 0 radical (unpaired) electrons. The van der Waals surface area contributed by atoms with E-state index >= 15 is 0 Å². The summed E-state index contributed by atoms with van der Waals surface area (Å²) >= 11 is 0. The Morgan fingerprint density at radius 3 is 2.61 bits per heavy atom. The Hall–Kier alpha value is -1.36. The second-order valence-corrected chi connectivity index (χ2v) is 5.08. The number of H-pyrrole nitrogens is 1. The standard InChI is InChI=1S/C13H22N4O/c1-10-12(11(2)15-14-10)13(18)16(3)8-9-17-6-4-5-7-17/h4-9H2,1-3H3,(H,14,15). The molecular formula is C13H22N4O. The van der Waals surface area contributed by atoms with Gasteiger partial charge in [0.05, 0.1) is 11.3 Å². The number of rotatable bonds is 4. The van der Waals surface area contributed by atoms with Crippen molar-refractivity contribution in [3.05, 3.63) is 17.0 Å². The number of aromatic amines is 1. The minimum Gasteiger partial charge on any atom is -0.340 e. The van der Waals surface area contributed by atoms with Crippen molar-refractivity contribution in [2.24, 2.45) is 0 Å². The van der Waals surface area contributed by atoms with E-state index in [0.717, 1.165) is 30.0 Å². The topological polar surface area (TPSA) is 52.2 Å². The quantitative estimate of drug-likeness (QED) is 0.873. The number of hydrogen-bond donors (Lipinski definition) is 1. The molecule has 5 nitrogen and oxygen atoms in total. The van der Waals surface area contributed by atoms with E-state index < -0.39 is 0 Å². The van der Waals surface area contributed by atoms with Crippen LogP contribution < -0.4 is 0 Å². The molecule has 1 aromatic rings. The number of nitrogens with one attached hydrogen (secondary N) is 1. The number of hydrogen-bond acceptors (Lipinski definition) is 3. The fourth-order valence-corrected chi connectivity index (χ4v) is 2.46. The molecule has 1 fully saturated rings. The third-order valence-electron chi connectivity index (χ3n) is 3.64. The van der Waals surface area contributed by atoms with Crippen molar-refractivity contribution >= 4 is 5.91 Å². The maximum atomic E-state index is 12.3. The molecule has 0 saturated carbocycles. The number of amides is 1. The van der Waals surface area contributed by atoms with Crippen molar-refractivity contribution in [1.29, 1.82) is 0 Å². The smallest absolute Gasteiger partial charge is 0.257 e. The molecule has 1 aliphatic rings. The highest BCUT2D eigenvalue weighted by Crippen LogP contribution is 2.12. The molecule has 1 N–H and O–H groups in total. The lowest BCUT2D eigenvalue weighted by molar-refractivity contribution is 0.0781. The predicted octanol–water partition coefficient (Wildman–Crippen LogP) is 1.19. The van der Waals surface area contributed by atoms with Gasteiger partial charge in [0, 0.05) is 25.8 Å². The molecule has 2 rings (SSSR count). The van der Waals surface area contributed by atoms with E-state index in [2.05, 4.69) is 15.1 Å².